The monoisotopic (exact) mass is 422 g/mol. The van der Waals surface area contributed by atoms with Crippen molar-refractivity contribution in [1.82, 2.24) is 5.06 Å². The van der Waals surface area contributed by atoms with E-state index in [0.29, 0.717) is 11.3 Å². The van der Waals surface area contributed by atoms with E-state index in [4.69, 9.17) is 0 Å². The molecular formula is C18H12FKN4OS2. The molecule has 0 bridgehead atoms. The van der Waals surface area contributed by atoms with Crippen LogP contribution in [0.3, 0.4) is 0 Å². The molecular weight excluding hydrogens is 410 g/mol. The maximum atomic E-state index is 13.0. The summed E-state index contributed by atoms with van der Waals surface area (Å²) in [5, 5.41) is 20.8. The quantitative estimate of drug-likeness (QED) is 0.766. The Labute approximate surface area is 206 Å². The third-order valence-electron chi connectivity index (χ3n) is 3.73. The van der Waals surface area contributed by atoms with Gasteiger partial charge in [-0.3, -0.25) is 5.21 Å². The number of halogens is 1. The van der Waals surface area contributed by atoms with E-state index in [1.54, 1.807) is 24.4 Å². The summed E-state index contributed by atoms with van der Waals surface area (Å²) < 4.78 is 13.0. The molecule has 0 fully saturated rings. The first-order valence-electron chi connectivity index (χ1n) is 7.58. The van der Waals surface area contributed by atoms with Crippen molar-refractivity contribution in [2.24, 2.45) is 9.98 Å². The Balaban J connectivity index is 0.00000210. The van der Waals surface area contributed by atoms with Crippen LogP contribution < -0.4 is 0 Å². The summed E-state index contributed by atoms with van der Waals surface area (Å²) in [6, 6.07) is 13.9. The van der Waals surface area contributed by atoms with E-state index >= 15 is 0 Å². The van der Waals surface area contributed by atoms with Crippen LogP contribution >= 0.6 is 23.5 Å². The zero-order valence-electron chi connectivity index (χ0n) is 13.2. The number of nitrogens with zero attached hydrogens (tertiary/aromatic N) is 4. The summed E-state index contributed by atoms with van der Waals surface area (Å²) in [4.78, 5) is 10.1. The molecule has 5 nitrogen and oxygen atoms in total. The van der Waals surface area contributed by atoms with Crippen LogP contribution in [0.5, 0.6) is 0 Å². The molecule has 1 unspecified atom stereocenters. The van der Waals surface area contributed by atoms with Crippen molar-refractivity contribution >= 4 is 86.3 Å². The number of benzene rings is 2. The number of fused-ring (bicyclic) bond motifs is 1. The van der Waals surface area contributed by atoms with Gasteiger partial charge in [-0.25, -0.2) is 19.4 Å². The molecule has 2 aromatic rings. The summed E-state index contributed by atoms with van der Waals surface area (Å²) in [7, 11) is 0. The van der Waals surface area contributed by atoms with Gasteiger partial charge in [0.1, 0.15) is 23.3 Å². The average Bonchev–Trinajstić information content (AvgIpc) is 3.09. The molecule has 2 heterocycles. The van der Waals surface area contributed by atoms with E-state index in [2.05, 4.69) is 16.1 Å². The second-order valence-electron chi connectivity index (χ2n) is 5.46. The second kappa shape index (κ2) is 9.02. The van der Waals surface area contributed by atoms with Gasteiger partial charge < -0.3 is 0 Å². The Hall–Kier alpha value is -0.964. The first kappa shape index (κ1) is 20.8. The number of hydrogen-bond acceptors (Lipinski definition) is 7. The number of hydrogen-bond donors (Lipinski definition) is 1. The minimum atomic E-state index is -0.318. The number of hydroxylamine groups is 2. The summed E-state index contributed by atoms with van der Waals surface area (Å²) in [6.45, 7) is 0. The van der Waals surface area contributed by atoms with Crippen LogP contribution in [-0.2, 0) is 0 Å². The van der Waals surface area contributed by atoms with Gasteiger partial charge in [0, 0.05) is 15.4 Å². The molecule has 27 heavy (non-hydrogen) atoms. The summed E-state index contributed by atoms with van der Waals surface area (Å²) in [5.74, 6) is -0.292. The van der Waals surface area contributed by atoms with Gasteiger partial charge in [-0.1, -0.05) is 29.6 Å². The summed E-state index contributed by atoms with van der Waals surface area (Å²) >= 11 is 2.80. The van der Waals surface area contributed by atoms with E-state index in [0.717, 1.165) is 25.5 Å². The Morgan fingerprint density at radius 1 is 1.22 bits per heavy atom. The fraction of sp³-hybridized carbons (Fsp3) is 0.0556. The zero-order valence-corrected chi connectivity index (χ0v) is 14.8. The molecule has 0 saturated carbocycles. The van der Waals surface area contributed by atoms with Gasteiger partial charge in [0.2, 0.25) is 0 Å². The molecule has 1 N–H and O–H groups in total. The topological polar surface area (TPSA) is 72.0 Å². The Kier molecular flexibility index (Phi) is 6.94. The van der Waals surface area contributed by atoms with Crippen LogP contribution in [0.2, 0.25) is 0 Å². The third-order valence-corrected chi connectivity index (χ3v) is 6.04. The molecule has 0 saturated heterocycles. The number of rotatable bonds is 3. The van der Waals surface area contributed by atoms with Crippen molar-refractivity contribution in [3.8, 4) is 6.07 Å². The van der Waals surface area contributed by atoms with Crippen LogP contribution in [0.4, 0.5) is 4.39 Å². The van der Waals surface area contributed by atoms with Gasteiger partial charge >= 0.3 is 51.4 Å². The Morgan fingerprint density at radius 2 is 2.00 bits per heavy atom. The molecule has 0 amide bonds. The van der Waals surface area contributed by atoms with E-state index in [9.17, 15) is 14.9 Å². The van der Waals surface area contributed by atoms with Crippen molar-refractivity contribution in [3.05, 3.63) is 71.3 Å². The SMILES string of the molecule is N#Cc1cc(C2=NC3=CN=CN(O)C3S2)ccc1Sc1ccc(F)cc1.[KH]. The van der Waals surface area contributed by atoms with Gasteiger partial charge in [-0.05, 0) is 36.4 Å². The Morgan fingerprint density at radius 3 is 2.70 bits per heavy atom. The number of nitriles is 1. The molecule has 130 valence electrons. The molecule has 1 atom stereocenters. The molecule has 2 aliphatic rings. The van der Waals surface area contributed by atoms with E-state index < -0.39 is 0 Å². The average molecular weight is 423 g/mol. The van der Waals surface area contributed by atoms with Crippen molar-refractivity contribution in [3.63, 3.8) is 0 Å². The van der Waals surface area contributed by atoms with E-state index in [1.165, 1.54) is 42.0 Å². The Bertz CT molecular complexity index is 1000. The maximum absolute atomic E-state index is 13.0. The normalized spacial score (nSPS) is 17.5. The predicted molar refractivity (Wildman–Crippen MR) is 107 cm³/mol. The van der Waals surface area contributed by atoms with Crippen LogP contribution in [-0.4, -0.2) is 78.4 Å². The van der Waals surface area contributed by atoms with Crippen molar-refractivity contribution in [1.29, 1.82) is 5.26 Å². The number of aliphatic imine (C=N–C) groups is 2. The van der Waals surface area contributed by atoms with Gasteiger partial charge in [0.25, 0.3) is 0 Å². The van der Waals surface area contributed by atoms with Crippen LogP contribution in [0.25, 0.3) is 0 Å². The van der Waals surface area contributed by atoms with Crippen LogP contribution in [0.15, 0.2) is 74.1 Å². The van der Waals surface area contributed by atoms with Gasteiger partial charge in [0.05, 0.1) is 17.5 Å². The third kappa shape index (κ3) is 4.55. The zero-order chi connectivity index (χ0) is 18.1. The summed E-state index contributed by atoms with van der Waals surface area (Å²) in [6.07, 6.45) is 2.95. The standard InChI is InChI=1S/C18H11FN4OS2.K.H/c19-13-2-4-14(5-3-13)25-16-6-1-11(7-12(16)8-20)17-22-15-9-21-10-23(24)18(15)26-17;;/h1-7,9-10,18,24H;;. The van der Waals surface area contributed by atoms with Crippen LogP contribution in [0, 0.1) is 17.1 Å². The summed E-state index contributed by atoms with van der Waals surface area (Å²) in [5.41, 5.74) is 1.98. The van der Waals surface area contributed by atoms with Crippen molar-refractivity contribution < 1.29 is 9.60 Å². The molecule has 9 heteroatoms. The van der Waals surface area contributed by atoms with E-state index in [1.807, 2.05) is 12.1 Å². The van der Waals surface area contributed by atoms with Gasteiger partial charge in [0.15, 0.2) is 5.37 Å². The first-order valence-corrected chi connectivity index (χ1v) is 9.27. The first-order chi connectivity index (χ1) is 12.6. The van der Waals surface area contributed by atoms with Gasteiger partial charge in [-0.15, -0.1) is 0 Å². The second-order valence-corrected chi connectivity index (χ2v) is 7.65. The molecule has 0 radical (unpaired) electrons. The molecule has 0 aromatic heterocycles. The van der Waals surface area contributed by atoms with Crippen LogP contribution in [0.1, 0.15) is 11.1 Å². The van der Waals surface area contributed by atoms with Gasteiger partial charge in [-0.2, -0.15) is 5.26 Å². The van der Waals surface area contributed by atoms with E-state index in [-0.39, 0.29) is 62.6 Å². The fourth-order valence-electron chi connectivity index (χ4n) is 2.49. The van der Waals surface area contributed by atoms with Crippen molar-refractivity contribution in [2.45, 2.75) is 15.2 Å². The minimum absolute atomic E-state index is 0. The fourth-order valence-corrected chi connectivity index (χ4v) is 4.39. The predicted octanol–water partition coefficient (Wildman–Crippen LogP) is 3.59. The molecule has 2 aromatic carbocycles. The molecule has 0 aliphatic carbocycles. The molecule has 4 rings (SSSR count). The molecule has 2 aliphatic heterocycles. The van der Waals surface area contributed by atoms with Crippen molar-refractivity contribution in [2.75, 3.05) is 0 Å². The molecule has 0 spiro atoms. The number of thioether (sulfide) groups is 1.